The van der Waals surface area contributed by atoms with Gasteiger partial charge in [0.05, 0.1) is 23.4 Å². The number of halogens is 1. The molecule has 0 aliphatic carbocycles. The van der Waals surface area contributed by atoms with E-state index in [2.05, 4.69) is 17.9 Å². The van der Waals surface area contributed by atoms with Crippen molar-refractivity contribution in [3.05, 3.63) is 64.7 Å². The molecule has 1 aromatic heterocycles. The molecule has 7 heteroatoms. The fraction of sp³-hybridized carbons (Fsp3) is 0.304. The largest absolute Gasteiger partial charge is 0.379 e. The molecule has 1 amide bonds. The van der Waals surface area contributed by atoms with Crippen molar-refractivity contribution < 1.29 is 9.53 Å². The number of aromatic nitrogens is 1. The van der Waals surface area contributed by atoms with Crippen molar-refractivity contribution in [2.75, 3.05) is 44.3 Å². The second kappa shape index (κ2) is 9.71. The number of nitrogens with zero attached hydrogens (tertiary/aromatic N) is 3. The van der Waals surface area contributed by atoms with E-state index in [-0.39, 0.29) is 5.91 Å². The van der Waals surface area contributed by atoms with Gasteiger partial charge in [0.25, 0.3) is 5.91 Å². The van der Waals surface area contributed by atoms with E-state index in [1.54, 1.807) is 28.4 Å². The molecule has 0 radical (unpaired) electrons. The molecule has 5 nitrogen and oxygen atoms in total. The molecular formula is C23H24ClN3O2S. The first-order chi connectivity index (χ1) is 14.6. The molecule has 156 valence electrons. The van der Waals surface area contributed by atoms with Gasteiger partial charge in [0.1, 0.15) is 0 Å². The van der Waals surface area contributed by atoms with Crippen LogP contribution in [-0.4, -0.2) is 55.2 Å². The number of carbonyl (C=O) groups is 1. The molecule has 0 bridgehead atoms. The second-order valence-electron chi connectivity index (χ2n) is 7.27. The van der Waals surface area contributed by atoms with E-state index in [1.165, 1.54) is 5.56 Å². The molecule has 1 saturated heterocycles. The monoisotopic (exact) mass is 441 g/mol. The van der Waals surface area contributed by atoms with Crippen LogP contribution in [0.4, 0.5) is 5.13 Å². The van der Waals surface area contributed by atoms with Crippen LogP contribution in [0.2, 0.25) is 5.02 Å². The number of ether oxygens (including phenoxy) is 1. The van der Waals surface area contributed by atoms with Crippen molar-refractivity contribution in [2.24, 2.45) is 0 Å². The number of rotatable bonds is 6. The Bertz CT molecular complexity index is 1060. The highest BCUT2D eigenvalue weighted by molar-refractivity contribution is 7.22. The quantitative estimate of drug-likeness (QED) is 0.523. The number of anilines is 1. The molecule has 0 N–H and O–H groups in total. The lowest BCUT2D eigenvalue weighted by Gasteiger charge is -2.28. The van der Waals surface area contributed by atoms with Gasteiger partial charge in [0.2, 0.25) is 0 Å². The van der Waals surface area contributed by atoms with E-state index in [4.69, 9.17) is 21.3 Å². The topological polar surface area (TPSA) is 45.7 Å². The molecule has 4 rings (SSSR count). The zero-order valence-electron chi connectivity index (χ0n) is 16.9. The summed E-state index contributed by atoms with van der Waals surface area (Å²) in [5, 5.41) is 1.34. The average molecular weight is 442 g/mol. The molecule has 1 aliphatic rings. The molecule has 2 aromatic carbocycles. The fourth-order valence-electron chi connectivity index (χ4n) is 3.36. The van der Waals surface area contributed by atoms with E-state index in [0.717, 1.165) is 53.8 Å². The van der Waals surface area contributed by atoms with E-state index >= 15 is 0 Å². The first-order valence-electron chi connectivity index (χ1n) is 10.0. The van der Waals surface area contributed by atoms with Gasteiger partial charge in [-0.2, -0.15) is 0 Å². The second-order valence-corrected chi connectivity index (χ2v) is 8.68. The minimum atomic E-state index is -0.0982. The Morgan fingerprint density at radius 2 is 2.07 bits per heavy atom. The predicted molar refractivity (Wildman–Crippen MR) is 124 cm³/mol. The third kappa shape index (κ3) is 5.08. The SMILES string of the molecule is Cc1ccc2nc(N(CCN3CCOCC3)C(=O)/C=C/c3ccccc3Cl)sc2c1. The highest BCUT2D eigenvalue weighted by Gasteiger charge is 2.20. The van der Waals surface area contributed by atoms with Gasteiger partial charge in [0, 0.05) is 37.3 Å². The zero-order chi connectivity index (χ0) is 20.9. The molecule has 3 aromatic rings. The van der Waals surface area contributed by atoms with E-state index < -0.39 is 0 Å². The number of amides is 1. The number of hydrogen-bond donors (Lipinski definition) is 0. The van der Waals surface area contributed by atoms with Gasteiger partial charge in [-0.25, -0.2) is 4.98 Å². The summed E-state index contributed by atoms with van der Waals surface area (Å²) in [6, 6.07) is 13.7. The van der Waals surface area contributed by atoms with Crippen molar-refractivity contribution in [1.29, 1.82) is 0 Å². The molecule has 2 heterocycles. The minimum absolute atomic E-state index is 0.0982. The van der Waals surface area contributed by atoms with Crippen LogP contribution in [0.15, 0.2) is 48.5 Å². The summed E-state index contributed by atoms with van der Waals surface area (Å²) in [7, 11) is 0. The number of hydrogen-bond acceptors (Lipinski definition) is 5. The van der Waals surface area contributed by atoms with Crippen LogP contribution >= 0.6 is 22.9 Å². The smallest absolute Gasteiger partial charge is 0.252 e. The Morgan fingerprint density at radius 1 is 1.27 bits per heavy atom. The van der Waals surface area contributed by atoms with Gasteiger partial charge in [-0.1, -0.05) is 47.2 Å². The van der Waals surface area contributed by atoms with E-state index in [0.29, 0.717) is 11.6 Å². The van der Waals surface area contributed by atoms with Gasteiger partial charge in [-0.3, -0.25) is 14.6 Å². The minimum Gasteiger partial charge on any atom is -0.379 e. The van der Waals surface area contributed by atoms with Crippen LogP contribution in [0.1, 0.15) is 11.1 Å². The maximum atomic E-state index is 13.2. The first kappa shape index (κ1) is 21.0. The van der Waals surface area contributed by atoms with Crippen molar-refractivity contribution in [1.82, 2.24) is 9.88 Å². The lowest BCUT2D eigenvalue weighted by molar-refractivity contribution is -0.114. The normalized spacial score (nSPS) is 15.1. The third-order valence-electron chi connectivity index (χ3n) is 5.08. The first-order valence-corrected chi connectivity index (χ1v) is 11.2. The van der Waals surface area contributed by atoms with Crippen LogP contribution < -0.4 is 4.90 Å². The number of morpholine rings is 1. The molecular weight excluding hydrogens is 418 g/mol. The Labute approximate surface area is 185 Å². The van der Waals surface area contributed by atoms with Crippen molar-refractivity contribution in [3.8, 4) is 0 Å². The number of carbonyl (C=O) groups excluding carboxylic acids is 1. The van der Waals surface area contributed by atoms with Crippen LogP contribution in [0.5, 0.6) is 0 Å². The molecule has 1 fully saturated rings. The highest BCUT2D eigenvalue weighted by Crippen LogP contribution is 2.30. The fourth-order valence-corrected chi connectivity index (χ4v) is 4.66. The summed E-state index contributed by atoms with van der Waals surface area (Å²) in [5.41, 5.74) is 2.92. The highest BCUT2D eigenvalue weighted by atomic mass is 35.5. The van der Waals surface area contributed by atoms with Gasteiger partial charge in [-0.05, 0) is 42.3 Å². The summed E-state index contributed by atoms with van der Waals surface area (Å²) in [4.78, 5) is 22.0. The number of fused-ring (bicyclic) bond motifs is 1. The summed E-state index contributed by atoms with van der Waals surface area (Å²) >= 11 is 7.78. The molecule has 0 unspecified atom stereocenters. The standard InChI is InChI=1S/C23H24ClN3O2S/c1-17-6-8-20-21(16-17)30-23(25-20)27(11-10-26-12-14-29-15-13-26)22(28)9-7-18-4-2-3-5-19(18)24/h2-9,16H,10-15H2,1H3/b9-7+. The summed E-state index contributed by atoms with van der Waals surface area (Å²) in [5.74, 6) is -0.0982. The van der Waals surface area contributed by atoms with Crippen LogP contribution in [0.3, 0.4) is 0 Å². The number of benzene rings is 2. The third-order valence-corrected chi connectivity index (χ3v) is 6.47. The van der Waals surface area contributed by atoms with Crippen molar-refractivity contribution in [2.45, 2.75) is 6.92 Å². The lowest BCUT2D eigenvalue weighted by atomic mass is 10.2. The van der Waals surface area contributed by atoms with Crippen LogP contribution in [0, 0.1) is 6.92 Å². The molecule has 0 atom stereocenters. The van der Waals surface area contributed by atoms with Crippen LogP contribution in [0.25, 0.3) is 16.3 Å². The van der Waals surface area contributed by atoms with Gasteiger partial charge in [0.15, 0.2) is 5.13 Å². The summed E-state index contributed by atoms with van der Waals surface area (Å²) < 4.78 is 6.52. The van der Waals surface area contributed by atoms with Gasteiger partial charge in [-0.15, -0.1) is 0 Å². The molecule has 1 aliphatic heterocycles. The maximum Gasteiger partial charge on any atom is 0.252 e. The van der Waals surface area contributed by atoms with Crippen molar-refractivity contribution in [3.63, 3.8) is 0 Å². The molecule has 0 spiro atoms. The van der Waals surface area contributed by atoms with Gasteiger partial charge >= 0.3 is 0 Å². The summed E-state index contributed by atoms with van der Waals surface area (Å²) in [6.45, 7) is 6.66. The number of aryl methyl sites for hydroxylation is 1. The number of thiazole rings is 1. The Hall–Kier alpha value is -2.25. The molecule has 0 saturated carbocycles. The average Bonchev–Trinajstić information content (AvgIpc) is 3.16. The Morgan fingerprint density at radius 3 is 2.87 bits per heavy atom. The van der Waals surface area contributed by atoms with Gasteiger partial charge < -0.3 is 4.74 Å². The molecule has 30 heavy (non-hydrogen) atoms. The van der Waals surface area contributed by atoms with E-state index in [9.17, 15) is 4.79 Å². The lowest BCUT2D eigenvalue weighted by Crippen LogP contribution is -2.42. The zero-order valence-corrected chi connectivity index (χ0v) is 18.5. The Kier molecular flexibility index (Phi) is 6.79. The maximum absolute atomic E-state index is 13.2. The predicted octanol–water partition coefficient (Wildman–Crippen LogP) is 4.64. The van der Waals surface area contributed by atoms with Crippen LogP contribution in [-0.2, 0) is 9.53 Å². The van der Waals surface area contributed by atoms with Crippen molar-refractivity contribution >= 4 is 50.3 Å². The summed E-state index contributed by atoms with van der Waals surface area (Å²) in [6.07, 6.45) is 3.35. The van der Waals surface area contributed by atoms with E-state index in [1.807, 2.05) is 36.4 Å². The Balaban J connectivity index is 1.58.